The molecule has 10 heteroatoms. The van der Waals surface area contributed by atoms with Gasteiger partial charge in [-0.15, -0.1) is 11.3 Å². The van der Waals surface area contributed by atoms with Gasteiger partial charge in [0.25, 0.3) is 11.8 Å². The second-order valence-corrected chi connectivity index (χ2v) is 10.5. The van der Waals surface area contributed by atoms with Crippen molar-refractivity contribution in [2.45, 2.75) is 12.5 Å². The summed E-state index contributed by atoms with van der Waals surface area (Å²) in [6, 6.07) is 14.7. The van der Waals surface area contributed by atoms with E-state index in [9.17, 15) is 9.59 Å². The Morgan fingerprint density at radius 2 is 1.95 bits per heavy atom. The van der Waals surface area contributed by atoms with Crippen LogP contribution in [-0.4, -0.2) is 82.8 Å². The zero-order chi connectivity index (χ0) is 25.8. The smallest absolute Gasteiger partial charge is 0.262 e. The number of halogens is 1. The highest BCUT2D eigenvalue weighted by molar-refractivity contribution is 7.12. The van der Waals surface area contributed by atoms with Crippen LogP contribution in [0.1, 0.15) is 33.4 Å². The van der Waals surface area contributed by atoms with Crippen molar-refractivity contribution in [3.05, 3.63) is 81.3 Å². The molecule has 194 valence electrons. The van der Waals surface area contributed by atoms with Crippen LogP contribution in [0.25, 0.3) is 0 Å². The summed E-state index contributed by atoms with van der Waals surface area (Å²) < 4.78 is 7.47. The van der Waals surface area contributed by atoms with Crippen LogP contribution in [0.2, 0.25) is 5.02 Å². The van der Waals surface area contributed by atoms with Gasteiger partial charge in [0.15, 0.2) is 0 Å². The summed E-state index contributed by atoms with van der Waals surface area (Å²) >= 11 is 7.98. The van der Waals surface area contributed by atoms with E-state index in [-0.39, 0.29) is 24.4 Å². The first kappa shape index (κ1) is 25.7. The van der Waals surface area contributed by atoms with Crippen molar-refractivity contribution >= 4 is 40.5 Å². The maximum atomic E-state index is 13.8. The number of carbonyl (C=O) groups excluding carboxylic acids is 2. The molecule has 4 heterocycles. The van der Waals surface area contributed by atoms with E-state index in [1.54, 1.807) is 45.5 Å². The van der Waals surface area contributed by atoms with Crippen LogP contribution in [-0.2, 0) is 16.6 Å². The van der Waals surface area contributed by atoms with E-state index in [0.29, 0.717) is 43.3 Å². The summed E-state index contributed by atoms with van der Waals surface area (Å²) in [6.07, 6.45) is 2.59. The maximum Gasteiger partial charge on any atom is 0.262 e. The molecule has 0 spiro atoms. The molecule has 1 atom stereocenters. The van der Waals surface area contributed by atoms with Gasteiger partial charge in [-0.1, -0.05) is 29.8 Å². The number of benzene rings is 1. The summed E-state index contributed by atoms with van der Waals surface area (Å²) in [5.74, 6) is -0.482. The highest BCUT2D eigenvalue weighted by Crippen LogP contribution is 2.34. The topological polar surface area (TPSA) is 70.4 Å². The number of aryl methyl sites for hydroxylation is 1. The highest BCUT2D eigenvalue weighted by Gasteiger charge is 2.36. The van der Waals surface area contributed by atoms with Gasteiger partial charge >= 0.3 is 0 Å². The third kappa shape index (κ3) is 5.80. The summed E-state index contributed by atoms with van der Waals surface area (Å²) in [7, 11) is 1.97. The minimum absolute atomic E-state index is 0.0868. The Labute approximate surface area is 225 Å². The molecular weight excluding hydrogens is 510 g/mol. The fourth-order valence-electron chi connectivity index (χ4n) is 4.76. The van der Waals surface area contributed by atoms with E-state index in [1.165, 1.54) is 0 Å². The van der Waals surface area contributed by atoms with Gasteiger partial charge in [-0.05, 0) is 35.7 Å². The Bertz CT molecular complexity index is 1270. The molecule has 5 rings (SSSR count). The van der Waals surface area contributed by atoms with Crippen molar-refractivity contribution in [1.82, 2.24) is 19.4 Å². The maximum absolute atomic E-state index is 13.8. The Morgan fingerprint density at radius 3 is 2.65 bits per heavy atom. The van der Waals surface area contributed by atoms with Crippen molar-refractivity contribution in [2.75, 3.05) is 45.9 Å². The van der Waals surface area contributed by atoms with E-state index in [1.807, 2.05) is 47.5 Å². The van der Waals surface area contributed by atoms with Crippen LogP contribution in [0, 0.1) is 0 Å². The first-order valence-electron chi connectivity index (χ1n) is 12.4. The van der Waals surface area contributed by atoms with Gasteiger partial charge in [0.05, 0.1) is 34.4 Å². The first-order chi connectivity index (χ1) is 18.0. The third-order valence-corrected chi connectivity index (χ3v) is 8.05. The average Bonchev–Trinajstić information content (AvgIpc) is 3.67. The van der Waals surface area contributed by atoms with Gasteiger partial charge in [-0.25, -0.2) is 5.01 Å². The summed E-state index contributed by atoms with van der Waals surface area (Å²) in [5, 5.41) is 8.71. The lowest BCUT2D eigenvalue weighted by molar-refractivity contribution is -0.133. The van der Waals surface area contributed by atoms with Crippen molar-refractivity contribution < 1.29 is 14.3 Å². The van der Waals surface area contributed by atoms with Gasteiger partial charge in [0, 0.05) is 51.5 Å². The molecule has 0 aliphatic carbocycles. The molecule has 3 aromatic rings. The Morgan fingerprint density at radius 1 is 1.14 bits per heavy atom. The van der Waals surface area contributed by atoms with Crippen LogP contribution >= 0.6 is 22.9 Å². The van der Waals surface area contributed by atoms with Gasteiger partial charge in [0.1, 0.15) is 12.6 Å². The number of carbonyl (C=O) groups is 2. The number of amides is 2. The number of hydrazone groups is 1. The normalized spacial score (nSPS) is 18.2. The van der Waals surface area contributed by atoms with Crippen LogP contribution < -0.4 is 0 Å². The Balaban J connectivity index is 1.40. The number of ether oxygens (including phenoxy) is 1. The molecule has 2 amide bonds. The lowest BCUT2D eigenvalue weighted by Crippen LogP contribution is -2.46. The lowest BCUT2D eigenvalue weighted by Gasteiger charge is -2.31. The van der Waals surface area contributed by atoms with Gasteiger partial charge in [-0.2, -0.15) is 5.10 Å². The van der Waals surface area contributed by atoms with Crippen LogP contribution in [0.15, 0.2) is 65.2 Å². The van der Waals surface area contributed by atoms with E-state index >= 15 is 0 Å². The number of rotatable bonds is 8. The SMILES string of the molecule is Cn1cccc1[C@H]1CC(c2cccs2)=NN1C(=O)CN(CCN1CCOCC1)C(=O)c1ccccc1Cl. The minimum atomic E-state index is -0.260. The van der Waals surface area contributed by atoms with Gasteiger partial charge < -0.3 is 14.2 Å². The van der Waals surface area contributed by atoms with Gasteiger partial charge in [0.2, 0.25) is 0 Å². The fraction of sp³-hybridized carbons (Fsp3) is 0.370. The lowest BCUT2D eigenvalue weighted by atomic mass is 10.1. The molecule has 2 aromatic heterocycles. The number of nitrogens with zero attached hydrogens (tertiary/aromatic N) is 5. The second-order valence-electron chi connectivity index (χ2n) is 9.19. The Kier molecular flexibility index (Phi) is 8.05. The zero-order valence-electron chi connectivity index (χ0n) is 20.8. The molecule has 0 bridgehead atoms. The second kappa shape index (κ2) is 11.6. The number of thiophene rings is 1. The Hall–Kier alpha value is -2.98. The predicted octanol–water partition coefficient (Wildman–Crippen LogP) is 3.89. The van der Waals surface area contributed by atoms with Crippen LogP contribution in [0.5, 0.6) is 0 Å². The predicted molar refractivity (Wildman–Crippen MR) is 145 cm³/mol. The fourth-order valence-corrected chi connectivity index (χ4v) is 5.70. The summed E-state index contributed by atoms with van der Waals surface area (Å²) in [6.45, 7) is 3.91. The highest BCUT2D eigenvalue weighted by atomic mass is 35.5. The molecule has 8 nitrogen and oxygen atoms in total. The number of morpholine rings is 1. The van der Waals surface area contributed by atoms with E-state index in [2.05, 4.69) is 4.90 Å². The molecule has 1 aromatic carbocycles. The molecule has 0 unspecified atom stereocenters. The van der Waals surface area contributed by atoms with Crippen LogP contribution in [0.4, 0.5) is 0 Å². The van der Waals surface area contributed by atoms with Crippen molar-refractivity contribution in [3.8, 4) is 0 Å². The van der Waals surface area contributed by atoms with Crippen molar-refractivity contribution in [2.24, 2.45) is 12.1 Å². The number of aromatic nitrogens is 1. The summed E-state index contributed by atoms with van der Waals surface area (Å²) in [5.41, 5.74) is 2.27. The molecule has 1 fully saturated rings. The zero-order valence-corrected chi connectivity index (χ0v) is 22.3. The monoisotopic (exact) mass is 539 g/mol. The first-order valence-corrected chi connectivity index (χ1v) is 13.7. The minimum Gasteiger partial charge on any atom is -0.379 e. The van der Waals surface area contributed by atoms with Crippen LogP contribution in [0.3, 0.4) is 0 Å². The molecule has 0 saturated carbocycles. The average molecular weight is 540 g/mol. The summed E-state index contributed by atoms with van der Waals surface area (Å²) in [4.78, 5) is 32.3. The van der Waals surface area contributed by atoms with Crippen molar-refractivity contribution in [1.29, 1.82) is 0 Å². The van der Waals surface area contributed by atoms with E-state index in [4.69, 9.17) is 21.4 Å². The molecule has 0 radical (unpaired) electrons. The standard InChI is InChI=1S/C27H30ClN5O3S/c1-30-10-4-8-23(30)24-18-22(25-9-5-17-37-25)29-33(24)26(34)19-32(12-11-31-13-15-36-16-14-31)27(35)20-6-2-3-7-21(20)28/h2-10,17,24H,11-16,18-19H2,1H3/t24-/m1/s1. The third-order valence-electron chi connectivity index (χ3n) is 6.80. The molecule has 37 heavy (non-hydrogen) atoms. The number of hydrogen-bond donors (Lipinski definition) is 0. The molecule has 2 aliphatic heterocycles. The molecule has 2 aliphatic rings. The molecule has 0 N–H and O–H groups in total. The molecule has 1 saturated heterocycles. The van der Waals surface area contributed by atoms with E-state index < -0.39 is 0 Å². The number of hydrogen-bond acceptors (Lipinski definition) is 6. The van der Waals surface area contributed by atoms with E-state index in [0.717, 1.165) is 29.4 Å². The van der Waals surface area contributed by atoms with Crippen molar-refractivity contribution in [3.63, 3.8) is 0 Å². The molecular formula is C27H30ClN5O3S. The quantitative estimate of drug-likeness (QED) is 0.435. The largest absolute Gasteiger partial charge is 0.379 e. The van der Waals surface area contributed by atoms with Gasteiger partial charge in [-0.3, -0.25) is 14.5 Å².